The highest BCUT2D eigenvalue weighted by molar-refractivity contribution is 7.08. The van der Waals surface area contributed by atoms with E-state index in [-0.39, 0.29) is 11.8 Å². The molecule has 3 rings (SSSR count). The molecule has 3 heterocycles. The maximum absolute atomic E-state index is 12.9. The van der Waals surface area contributed by atoms with Crippen molar-refractivity contribution in [1.82, 2.24) is 14.5 Å². The molecule has 0 spiro atoms. The van der Waals surface area contributed by atoms with Crippen LogP contribution in [0.2, 0.25) is 0 Å². The smallest absolute Gasteiger partial charge is 0.268 e. The van der Waals surface area contributed by atoms with Gasteiger partial charge >= 0.3 is 0 Å². The lowest BCUT2D eigenvalue weighted by molar-refractivity contribution is 0.00839. The molecule has 5 nitrogen and oxygen atoms in total. The minimum Gasteiger partial charge on any atom is -0.381 e. The average Bonchev–Trinajstić information content (AvgIpc) is 3.01. The van der Waals surface area contributed by atoms with Crippen LogP contribution in [0.4, 0.5) is 0 Å². The molecule has 0 radical (unpaired) electrons. The number of hydrogen-bond acceptors (Lipinski definition) is 5. The van der Waals surface area contributed by atoms with Gasteiger partial charge in [-0.2, -0.15) is 0 Å². The van der Waals surface area contributed by atoms with E-state index in [2.05, 4.69) is 28.3 Å². The number of fused-ring (bicyclic) bond motifs is 2. The van der Waals surface area contributed by atoms with Crippen LogP contribution in [0, 0.1) is 0 Å². The molecule has 2 aliphatic heterocycles. The summed E-state index contributed by atoms with van der Waals surface area (Å²) in [5, 5.41) is 4.13. The molecule has 2 saturated heterocycles. The SMILES string of the molecule is COC1C[C@H]2CC[C@@H](C1)N2C(=O)c1snnc1C(C)C. The lowest BCUT2D eigenvalue weighted by Crippen LogP contribution is -2.48. The molecule has 20 heavy (non-hydrogen) atoms. The van der Waals surface area contributed by atoms with Crippen LogP contribution in [0.1, 0.15) is 60.8 Å². The van der Waals surface area contributed by atoms with Gasteiger partial charge in [0.1, 0.15) is 4.88 Å². The first-order valence-corrected chi connectivity index (χ1v) is 8.06. The van der Waals surface area contributed by atoms with Crippen molar-refractivity contribution in [2.24, 2.45) is 0 Å². The van der Waals surface area contributed by atoms with E-state index < -0.39 is 0 Å². The summed E-state index contributed by atoms with van der Waals surface area (Å²) in [4.78, 5) is 15.7. The number of amides is 1. The van der Waals surface area contributed by atoms with Gasteiger partial charge in [0.25, 0.3) is 5.91 Å². The van der Waals surface area contributed by atoms with E-state index in [1.807, 2.05) is 0 Å². The molecule has 1 amide bonds. The Kier molecular flexibility index (Phi) is 3.77. The second kappa shape index (κ2) is 5.41. The zero-order valence-corrected chi connectivity index (χ0v) is 13.0. The van der Waals surface area contributed by atoms with Crippen molar-refractivity contribution in [3.05, 3.63) is 10.6 Å². The zero-order valence-electron chi connectivity index (χ0n) is 12.2. The second-order valence-corrected chi connectivity index (χ2v) is 6.82. The summed E-state index contributed by atoms with van der Waals surface area (Å²) in [6.45, 7) is 4.11. The Morgan fingerprint density at radius 1 is 1.35 bits per heavy atom. The van der Waals surface area contributed by atoms with Crippen LogP contribution in [0.25, 0.3) is 0 Å². The lowest BCUT2D eigenvalue weighted by Gasteiger charge is -2.38. The lowest BCUT2D eigenvalue weighted by atomic mass is 9.99. The van der Waals surface area contributed by atoms with Gasteiger partial charge in [-0.25, -0.2) is 0 Å². The Morgan fingerprint density at radius 2 is 2.00 bits per heavy atom. The molecule has 2 aliphatic rings. The first-order valence-electron chi connectivity index (χ1n) is 7.29. The van der Waals surface area contributed by atoms with Crippen LogP contribution in [0.5, 0.6) is 0 Å². The molecule has 1 aromatic rings. The Morgan fingerprint density at radius 3 is 2.55 bits per heavy atom. The fourth-order valence-electron chi connectivity index (χ4n) is 3.49. The molecule has 110 valence electrons. The van der Waals surface area contributed by atoms with E-state index in [4.69, 9.17) is 4.74 Å². The van der Waals surface area contributed by atoms with Crippen LogP contribution >= 0.6 is 11.5 Å². The fourth-order valence-corrected chi connectivity index (χ4v) is 4.26. The van der Waals surface area contributed by atoms with Gasteiger partial charge in [0, 0.05) is 19.2 Å². The molecule has 0 aliphatic carbocycles. The number of methoxy groups -OCH3 is 1. The molecular formula is C14H21N3O2S. The predicted molar refractivity (Wildman–Crippen MR) is 77.0 cm³/mol. The summed E-state index contributed by atoms with van der Waals surface area (Å²) in [5.41, 5.74) is 0.841. The molecule has 2 bridgehead atoms. The van der Waals surface area contributed by atoms with E-state index in [1.54, 1.807) is 7.11 Å². The van der Waals surface area contributed by atoms with E-state index >= 15 is 0 Å². The van der Waals surface area contributed by atoms with E-state index in [0.29, 0.717) is 18.2 Å². The van der Waals surface area contributed by atoms with Crippen molar-refractivity contribution in [3.8, 4) is 0 Å². The highest BCUT2D eigenvalue weighted by Crippen LogP contribution is 2.38. The number of rotatable bonds is 3. The summed E-state index contributed by atoms with van der Waals surface area (Å²) >= 11 is 1.23. The third-order valence-corrected chi connectivity index (χ3v) is 5.24. The topological polar surface area (TPSA) is 55.3 Å². The molecular weight excluding hydrogens is 274 g/mol. The predicted octanol–water partition coefficient (Wildman–Crippen LogP) is 2.44. The number of nitrogens with zero attached hydrogens (tertiary/aromatic N) is 3. The molecule has 6 heteroatoms. The Balaban J connectivity index is 1.83. The zero-order chi connectivity index (χ0) is 14.3. The molecule has 3 atom stereocenters. The number of carbonyl (C=O) groups excluding carboxylic acids is 1. The standard InChI is InChI=1S/C14H21N3O2S/c1-8(2)12-13(20-16-15-12)14(18)17-9-4-5-10(17)7-11(6-9)19-3/h8-11H,4-7H2,1-3H3/t9-,10+,11?. The minimum absolute atomic E-state index is 0.130. The summed E-state index contributed by atoms with van der Waals surface area (Å²) in [5.74, 6) is 0.368. The minimum atomic E-state index is 0.130. The van der Waals surface area contributed by atoms with Gasteiger partial charge < -0.3 is 9.64 Å². The Labute approximate surface area is 123 Å². The summed E-state index contributed by atoms with van der Waals surface area (Å²) in [6.07, 6.45) is 4.42. The third-order valence-electron chi connectivity index (χ3n) is 4.51. The molecule has 1 aromatic heterocycles. The van der Waals surface area contributed by atoms with E-state index in [1.165, 1.54) is 11.5 Å². The van der Waals surface area contributed by atoms with Crippen LogP contribution in [-0.4, -0.2) is 45.7 Å². The maximum atomic E-state index is 12.9. The number of aromatic nitrogens is 2. The summed E-state index contributed by atoms with van der Waals surface area (Å²) in [7, 11) is 1.77. The van der Waals surface area contributed by atoms with Crippen LogP contribution in [-0.2, 0) is 4.74 Å². The first kappa shape index (κ1) is 13.9. The van der Waals surface area contributed by atoms with Crippen molar-refractivity contribution in [2.75, 3.05) is 7.11 Å². The summed E-state index contributed by atoms with van der Waals surface area (Å²) < 4.78 is 9.47. The molecule has 0 saturated carbocycles. The quantitative estimate of drug-likeness (QED) is 0.859. The maximum Gasteiger partial charge on any atom is 0.268 e. The van der Waals surface area contributed by atoms with Crippen LogP contribution in [0.15, 0.2) is 0 Å². The third kappa shape index (κ3) is 2.24. The monoisotopic (exact) mass is 295 g/mol. The second-order valence-electron chi connectivity index (χ2n) is 6.07. The summed E-state index contributed by atoms with van der Waals surface area (Å²) in [6, 6.07) is 0.654. The molecule has 0 aromatic carbocycles. The highest BCUT2D eigenvalue weighted by Gasteiger charge is 2.44. The first-order chi connectivity index (χ1) is 9.61. The van der Waals surface area contributed by atoms with Gasteiger partial charge in [0.2, 0.25) is 0 Å². The van der Waals surface area contributed by atoms with Gasteiger partial charge in [-0.15, -0.1) is 5.10 Å². The van der Waals surface area contributed by atoms with Gasteiger partial charge in [-0.3, -0.25) is 4.79 Å². The Bertz CT molecular complexity index is 488. The van der Waals surface area contributed by atoms with E-state index in [9.17, 15) is 4.79 Å². The van der Waals surface area contributed by atoms with Gasteiger partial charge in [-0.1, -0.05) is 18.3 Å². The number of hydrogen-bond donors (Lipinski definition) is 0. The van der Waals surface area contributed by atoms with Gasteiger partial charge in [0.05, 0.1) is 11.8 Å². The fraction of sp³-hybridized carbons (Fsp3) is 0.786. The molecule has 0 N–H and O–H groups in total. The average molecular weight is 295 g/mol. The van der Waals surface area contributed by atoms with Crippen molar-refractivity contribution < 1.29 is 9.53 Å². The molecule has 1 unspecified atom stereocenters. The number of piperidine rings is 1. The van der Waals surface area contributed by atoms with Crippen molar-refractivity contribution in [2.45, 2.75) is 63.6 Å². The number of carbonyl (C=O) groups is 1. The van der Waals surface area contributed by atoms with Crippen molar-refractivity contribution in [1.29, 1.82) is 0 Å². The highest BCUT2D eigenvalue weighted by atomic mass is 32.1. The Hall–Kier alpha value is -1.01. The van der Waals surface area contributed by atoms with Gasteiger partial charge in [-0.05, 0) is 43.1 Å². The normalized spacial score (nSPS) is 29.2. The largest absolute Gasteiger partial charge is 0.381 e. The van der Waals surface area contributed by atoms with Crippen molar-refractivity contribution in [3.63, 3.8) is 0 Å². The molecule has 2 fully saturated rings. The van der Waals surface area contributed by atoms with E-state index in [0.717, 1.165) is 36.3 Å². The van der Waals surface area contributed by atoms with Crippen molar-refractivity contribution >= 4 is 17.4 Å². The van der Waals surface area contributed by atoms with Crippen LogP contribution < -0.4 is 0 Å². The van der Waals surface area contributed by atoms with Gasteiger partial charge in [0.15, 0.2) is 0 Å². The number of ether oxygens (including phenoxy) is 1. The van der Waals surface area contributed by atoms with Crippen LogP contribution in [0.3, 0.4) is 0 Å².